The second-order valence-corrected chi connectivity index (χ2v) is 6.41. The van der Waals surface area contributed by atoms with Gasteiger partial charge in [0, 0.05) is 24.8 Å². The summed E-state index contributed by atoms with van der Waals surface area (Å²) in [6, 6.07) is 4.60. The summed E-state index contributed by atoms with van der Waals surface area (Å²) in [5, 5.41) is 6.21. The van der Waals surface area contributed by atoms with Crippen LogP contribution in [0.15, 0.2) is 18.3 Å². The maximum absolute atomic E-state index is 12.1. The molecule has 22 heavy (non-hydrogen) atoms. The Balaban J connectivity index is 1.77. The Labute approximate surface area is 133 Å². The number of nitrogens with one attached hydrogen (secondary N) is 2. The number of hydrogen-bond acceptors (Lipinski definition) is 4. The molecule has 0 aliphatic carbocycles. The Morgan fingerprint density at radius 2 is 2.23 bits per heavy atom. The number of pyridine rings is 1. The molecule has 1 aromatic rings. The standard InChI is InChI=1S/C17H28N4O/c1-13(2)20-16-8-7-14(12-19-16)17(22)18-10-9-15-6-4-5-11-21(15)3/h7-8,12-13,15H,4-6,9-11H2,1-3H3,(H,18,22)(H,19,20). The summed E-state index contributed by atoms with van der Waals surface area (Å²) < 4.78 is 0. The molecular formula is C17H28N4O. The monoisotopic (exact) mass is 304 g/mol. The van der Waals surface area contributed by atoms with Crippen molar-refractivity contribution in [3.8, 4) is 0 Å². The predicted octanol–water partition coefficient (Wildman–Crippen LogP) is 2.51. The van der Waals surface area contributed by atoms with Gasteiger partial charge in [0.05, 0.1) is 5.56 Å². The van der Waals surface area contributed by atoms with Crippen molar-refractivity contribution >= 4 is 11.7 Å². The molecule has 0 aromatic carbocycles. The molecule has 0 saturated carbocycles. The highest BCUT2D eigenvalue weighted by atomic mass is 16.1. The lowest BCUT2D eigenvalue weighted by atomic mass is 10.0. The number of piperidine rings is 1. The van der Waals surface area contributed by atoms with Gasteiger partial charge < -0.3 is 15.5 Å². The van der Waals surface area contributed by atoms with Crippen LogP contribution >= 0.6 is 0 Å². The third-order valence-corrected chi connectivity index (χ3v) is 4.15. The normalized spacial score (nSPS) is 19.2. The van der Waals surface area contributed by atoms with Crippen molar-refractivity contribution in [3.05, 3.63) is 23.9 Å². The van der Waals surface area contributed by atoms with Crippen molar-refractivity contribution in [1.82, 2.24) is 15.2 Å². The van der Waals surface area contributed by atoms with Gasteiger partial charge in [-0.3, -0.25) is 4.79 Å². The molecule has 2 N–H and O–H groups in total. The summed E-state index contributed by atoms with van der Waals surface area (Å²) >= 11 is 0. The van der Waals surface area contributed by atoms with Crippen LogP contribution in [-0.4, -0.2) is 48.0 Å². The fourth-order valence-electron chi connectivity index (χ4n) is 2.87. The lowest BCUT2D eigenvalue weighted by Gasteiger charge is -2.32. The SMILES string of the molecule is CC(C)Nc1ccc(C(=O)NCCC2CCCCN2C)cn1. The first-order valence-corrected chi connectivity index (χ1v) is 8.27. The summed E-state index contributed by atoms with van der Waals surface area (Å²) in [5.41, 5.74) is 0.617. The lowest BCUT2D eigenvalue weighted by Crippen LogP contribution is -2.39. The first-order valence-electron chi connectivity index (χ1n) is 8.27. The van der Waals surface area contributed by atoms with Crippen LogP contribution in [0, 0.1) is 0 Å². The zero-order valence-corrected chi connectivity index (χ0v) is 13.9. The Hall–Kier alpha value is -1.62. The molecule has 1 atom stereocenters. The maximum Gasteiger partial charge on any atom is 0.252 e. The van der Waals surface area contributed by atoms with E-state index in [-0.39, 0.29) is 5.91 Å². The second kappa shape index (κ2) is 8.13. The van der Waals surface area contributed by atoms with E-state index in [2.05, 4.69) is 41.4 Å². The molecule has 5 heteroatoms. The minimum Gasteiger partial charge on any atom is -0.368 e. The molecule has 1 aromatic heterocycles. The Morgan fingerprint density at radius 3 is 2.86 bits per heavy atom. The number of anilines is 1. The topological polar surface area (TPSA) is 57.3 Å². The van der Waals surface area contributed by atoms with Gasteiger partial charge >= 0.3 is 0 Å². The molecular weight excluding hydrogens is 276 g/mol. The molecule has 0 spiro atoms. The van der Waals surface area contributed by atoms with E-state index in [0.717, 1.165) is 18.8 Å². The zero-order chi connectivity index (χ0) is 15.9. The quantitative estimate of drug-likeness (QED) is 0.848. The van der Waals surface area contributed by atoms with E-state index in [4.69, 9.17) is 0 Å². The van der Waals surface area contributed by atoms with Crippen molar-refractivity contribution in [1.29, 1.82) is 0 Å². The van der Waals surface area contributed by atoms with Crippen LogP contribution in [-0.2, 0) is 0 Å². The maximum atomic E-state index is 12.1. The number of likely N-dealkylation sites (tertiary alicyclic amines) is 1. The fraction of sp³-hybridized carbons (Fsp3) is 0.647. The van der Waals surface area contributed by atoms with Gasteiger partial charge in [-0.1, -0.05) is 6.42 Å². The Bertz CT molecular complexity index is 472. The first kappa shape index (κ1) is 16.7. The Morgan fingerprint density at radius 1 is 1.41 bits per heavy atom. The smallest absolute Gasteiger partial charge is 0.252 e. The van der Waals surface area contributed by atoms with Crippen LogP contribution in [0.5, 0.6) is 0 Å². The third kappa shape index (κ3) is 4.98. The summed E-state index contributed by atoms with van der Waals surface area (Å²) in [5.74, 6) is 0.762. The number of carbonyl (C=O) groups is 1. The second-order valence-electron chi connectivity index (χ2n) is 6.41. The number of carbonyl (C=O) groups excluding carboxylic acids is 1. The van der Waals surface area contributed by atoms with E-state index in [1.54, 1.807) is 6.20 Å². The van der Waals surface area contributed by atoms with Crippen LogP contribution in [0.4, 0.5) is 5.82 Å². The molecule has 1 unspecified atom stereocenters. The number of amides is 1. The molecule has 2 heterocycles. The molecule has 0 bridgehead atoms. The summed E-state index contributed by atoms with van der Waals surface area (Å²) in [4.78, 5) is 18.8. The molecule has 122 valence electrons. The summed E-state index contributed by atoms with van der Waals surface area (Å²) in [6.45, 7) is 6.02. The van der Waals surface area contributed by atoms with Crippen molar-refractivity contribution < 1.29 is 4.79 Å². The Kier molecular flexibility index (Phi) is 6.19. The highest BCUT2D eigenvalue weighted by Gasteiger charge is 2.18. The molecule has 1 amide bonds. The van der Waals surface area contributed by atoms with E-state index in [9.17, 15) is 4.79 Å². The van der Waals surface area contributed by atoms with Crippen LogP contribution in [0.2, 0.25) is 0 Å². The molecule has 1 aliphatic rings. The molecule has 2 rings (SSSR count). The van der Waals surface area contributed by atoms with E-state index in [1.807, 2.05) is 12.1 Å². The predicted molar refractivity (Wildman–Crippen MR) is 90.2 cm³/mol. The summed E-state index contributed by atoms with van der Waals surface area (Å²) in [6.07, 6.45) is 6.48. The van der Waals surface area contributed by atoms with Crippen molar-refractivity contribution in [3.63, 3.8) is 0 Å². The lowest BCUT2D eigenvalue weighted by molar-refractivity contribution is 0.0945. The van der Waals surface area contributed by atoms with Gasteiger partial charge in [-0.05, 0) is 58.8 Å². The molecule has 0 radical (unpaired) electrons. The molecule has 1 fully saturated rings. The van der Waals surface area contributed by atoms with Crippen LogP contribution in [0.1, 0.15) is 49.9 Å². The highest BCUT2D eigenvalue weighted by Crippen LogP contribution is 2.17. The van der Waals surface area contributed by atoms with Gasteiger partial charge in [0.1, 0.15) is 5.82 Å². The number of aromatic nitrogens is 1. The first-order chi connectivity index (χ1) is 10.6. The number of rotatable bonds is 6. The van der Waals surface area contributed by atoms with Crippen LogP contribution in [0.3, 0.4) is 0 Å². The van der Waals surface area contributed by atoms with Crippen molar-refractivity contribution in [2.75, 3.05) is 25.5 Å². The van der Waals surface area contributed by atoms with Gasteiger partial charge in [-0.25, -0.2) is 4.98 Å². The summed E-state index contributed by atoms with van der Waals surface area (Å²) in [7, 11) is 2.18. The number of hydrogen-bond donors (Lipinski definition) is 2. The average Bonchev–Trinajstić information content (AvgIpc) is 2.49. The largest absolute Gasteiger partial charge is 0.368 e. The van der Waals surface area contributed by atoms with E-state index in [0.29, 0.717) is 17.6 Å². The average molecular weight is 304 g/mol. The van der Waals surface area contributed by atoms with Gasteiger partial charge in [0.15, 0.2) is 0 Å². The highest BCUT2D eigenvalue weighted by molar-refractivity contribution is 5.94. The van der Waals surface area contributed by atoms with Gasteiger partial charge in [0.2, 0.25) is 0 Å². The zero-order valence-electron chi connectivity index (χ0n) is 13.9. The van der Waals surface area contributed by atoms with E-state index >= 15 is 0 Å². The van der Waals surface area contributed by atoms with Crippen LogP contribution < -0.4 is 10.6 Å². The van der Waals surface area contributed by atoms with Crippen LogP contribution in [0.25, 0.3) is 0 Å². The molecule has 5 nitrogen and oxygen atoms in total. The van der Waals surface area contributed by atoms with Gasteiger partial charge in [0.25, 0.3) is 5.91 Å². The number of nitrogens with zero attached hydrogens (tertiary/aromatic N) is 2. The molecule has 1 saturated heterocycles. The van der Waals surface area contributed by atoms with Gasteiger partial charge in [-0.15, -0.1) is 0 Å². The van der Waals surface area contributed by atoms with E-state index in [1.165, 1.54) is 25.8 Å². The van der Waals surface area contributed by atoms with Gasteiger partial charge in [-0.2, -0.15) is 0 Å². The third-order valence-electron chi connectivity index (χ3n) is 4.15. The minimum absolute atomic E-state index is 0.0398. The molecule has 1 aliphatic heterocycles. The minimum atomic E-state index is -0.0398. The van der Waals surface area contributed by atoms with E-state index < -0.39 is 0 Å². The van der Waals surface area contributed by atoms with Crippen molar-refractivity contribution in [2.24, 2.45) is 0 Å². The fourth-order valence-corrected chi connectivity index (χ4v) is 2.87. The van der Waals surface area contributed by atoms with Crippen molar-refractivity contribution in [2.45, 2.75) is 51.6 Å².